The first-order chi connectivity index (χ1) is 15.8. The summed E-state index contributed by atoms with van der Waals surface area (Å²) in [4.78, 5) is 2.62. The summed E-state index contributed by atoms with van der Waals surface area (Å²) in [5.74, 6) is 0. The van der Waals surface area contributed by atoms with Gasteiger partial charge in [0.05, 0.1) is 17.4 Å². The van der Waals surface area contributed by atoms with Crippen molar-refractivity contribution in [3.8, 4) is 16.9 Å². The molecule has 1 aromatic heterocycles. The standard InChI is InChI=1S/C28H30N4/c1-2-3-6-19-26-28-27(23-15-9-5-10-16-23)29-30-32(28)25-18-12-11-17-24(25)21-31(26)20-22-13-7-4-8-14-22/h4-5,7-18,26H,2-3,6,19-21H2,1H3. The lowest BCUT2D eigenvalue weighted by Gasteiger charge is -2.30. The molecule has 2 heterocycles. The van der Waals surface area contributed by atoms with Crippen LogP contribution in [0.25, 0.3) is 16.9 Å². The predicted octanol–water partition coefficient (Wildman–Crippen LogP) is 6.57. The van der Waals surface area contributed by atoms with E-state index in [1.165, 1.54) is 36.1 Å². The van der Waals surface area contributed by atoms with Crippen LogP contribution in [0.4, 0.5) is 0 Å². The van der Waals surface area contributed by atoms with Crippen LogP contribution < -0.4 is 0 Å². The minimum absolute atomic E-state index is 0.249. The summed E-state index contributed by atoms with van der Waals surface area (Å²) in [5, 5.41) is 9.41. The second-order valence-corrected chi connectivity index (χ2v) is 8.63. The van der Waals surface area contributed by atoms with Crippen LogP contribution in [0.15, 0.2) is 84.9 Å². The van der Waals surface area contributed by atoms with Crippen molar-refractivity contribution in [1.82, 2.24) is 19.9 Å². The average Bonchev–Trinajstić information content (AvgIpc) is 3.23. The Morgan fingerprint density at radius 1 is 0.844 bits per heavy atom. The van der Waals surface area contributed by atoms with Gasteiger partial charge in [0.25, 0.3) is 0 Å². The maximum atomic E-state index is 4.71. The zero-order chi connectivity index (χ0) is 21.8. The van der Waals surface area contributed by atoms with E-state index < -0.39 is 0 Å². The molecule has 1 unspecified atom stereocenters. The normalized spacial score (nSPS) is 15.7. The van der Waals surface area contributed by atoms with Gasteiger partial charge in [-0.1, -0.05) is 110 Å². The quantitative estimate of drug-likeness (QED) is 0.316. The highest BCUT2D eigenvalue weighted by atomic mass is 15.5. The van der Waals surface area contributed by atoms with E-state index in [4.69, 9.17) is 10.3 Å². The van der Waals surface area contributed by atoms with Crippen molar-refractivity contribution < 1.29 is 0 Å². The minimum Gasteiger partial charge on any atom is -0.286 e. The van der Waals surface area contributed by atoms with Crippen molar-refractivity contribution in [3.63, 3.8) is 0 Å². The van der Waals surface area contributed by atoms with Gasteiger partial charge in [-0.05, 0) is 23.6 Å². The second kappa shape index (κ2) is 9.49. The monoisotopic (exact) mass is 422 g/mol. The molecule has 0 amide bonds. The summed E-state index contributed by atoms with van der Waals surface area (Å²) in [7, 11) is 0. The largest absolute Gasteiger partial charge is 0.286 e. The van der Waals surface area contributed by atoms with Gasteiger partial charge in [0.2, 0.25) is 0 Å². The van der Waals surface area contributed by atoms with Gasteiger partial charge in [0.15, 0.2) is 0 Å². The van der Waals surface area contributed by atoms with Gasteiger partial charge >= 0.3 is 0 Å². The Morgan fingerprint density at radius 3 is 2.34 bits per heavy atom. The fourth-order valence-corrected chi connectivity index (χ4v) is 4.81. The zero-order valence-electron chi connectivity index (χ0n) is 18.7. The molecule has 0 bridgehead atoms. The number of hydrogen-bond acceptors (Lipinski definition) is 3. The summed E-state index contributed by atoms with van der Waals surface area (Å²) in [5.41, 5.74) is 7.14. The highest BCUT2D eigenvalue weighted by Crippen LogP contribution is 2.39. The summed E-state index contributed by atoms with van der Waals surface area (Å²) in [6.07, 6.45) is 4.75. The molecule has 0 aliphatic carbocycles. The number of nitrogens with zero attached hydrogens (tertiary/aromatic N) is 4. The van der Waals surface area contributed by atoms with Crippen molar-refractivity contribution in [2.45, 2.75) is 51.7 Å². The van der Waals surface area contributed by atoms with Crippen LogP contribution in [-0.4, -0.2) is 19.9 Å². The molecule has 4 heteroatoms. The number of para-hydroxylation sites is 1. The van der Waals surface area contributed by atoms with Crippen molar-refractivity contribution in [1.29, 1.82) is 0 Å². The maximum Gasteiger partial charge on any atom is 0.118 e. The van der Waals surface area contributed by atoms with Crippen LogP contribution >= 0.6 is 0 Å². The van der Waals surface area contributed by atoms with Crippen molar-refractivity contribution in [2.75, 3.05) is 0 Å². The van der Waals surface area contributed by atoms with Crippen LogP contribution in [0.1, 0.15) is 55.5 Å². The molecule has 4 aromatic rings. The van der Waals surface area contributed by atoms with Crippen LogP contribution in [0, 0.1) is 0 Å². The Labute approximate surface area is 190 Å². The van der Waals surface area contributed by atoms with E-state index in [0.29, 0.717) is 0 Å². The molecule has 1 aliphatic rings. The van der Waals surface area contributed by atoms with E-state index in [2.05, 4.69) is 101 Å². The molecular weight excluding hydrogens is 392 g/mol. The third kappa shape index (κ3) is 4.11. The molecule has 0 saturated carbocycles. The van der Waals surface area contributed by atoms with E-state index in [1.54, 1.807) is 0 Å². The number of rotatable bonds is 7. The fourth-order valence-electron chi connectivity index (χ4n) is 4.81. The molecule has 0 radical (unpaired) electrons. The molecule has 162 valence electrons. The Kier molecular flexibility index (Phi) is 6.13. The Morgan fingerprint density at radius 2 is 1.56 bits per heavy atom. The van der Waals surface area contributed by atoms with Gasteiger partial charge < -0.3 is 0 Å². The van der Waals surface area contributed by atoms with Crippen LogP contribution in [0.2, 0.25) is 0 Å². The molecular formula is C28H30N4. The second-order valence-electron chi connectivity index (χ2n) is 8.63. The van der Waals surface area contributed by atoms with E-state index >= 15 is 0 Å². The molecule has 0 spiro atoms. The molecule has 3 aromatic carbocycles. The smallest absolute Gasteiger partial charge is 0.118 e. The van der Waals surface area contributed by atoms with Crippen molar-refractivity contribution in [3.05, 3.63) is 102 Å². The molecule has 0 fully saturated rings. The highest BCUT2D eigenvalue weighted by Gasteiger charge is 2.32. The number of unbranched alkanes of at least 4 members (excludes halogenated alkanes) is 2. The van der Waals surface area contributed by atoms with Crippen LogP contribution in [0.5, 0.6) is 0 Å². The third-order valence-electron chi connectivity index (χ3n) is 6.41. The van der Waals surface area contributed by atoms with Gasteiger partial charge in [-0.2, -0.15) is 0 Å². The number of hydrogen-bond donors (Lipinski definition) is 0. The van der Waals surface area contributed by atoms with Crippen LogP contribution in [-0.2, 0) is 13.1 Å². The molecule has 0 saturated heterocycles. The minimum atomic E-state index is 0.249. The first-order valence-electron chi connectivity index (χ1n) is 11.7. The lowest BCUT2D eigenvalue weighted by molar-refractivity contribution is 0.166. The highest BCUT2D eigenvalue weighted by molar-refractivity contribution is 5.63. The van der Waals surface area contributed by atoms with Crippen LogP contribution in [0.3, 0.4) is 0 Å². The molecule has 1 atom stereocenters. The molecule has 1 aliphatic heterocycles. The number of benzene rings is 3. The summed E-state index contributed by atoms with van der Waals surface area (Å²) < 4.78 is 2.11. The number of fused-ring (bicyclic) bond motifs is 3. The van der Waals surface area contributed by atoms with E-state index in [9.17, 15) is 0 Å². The summed E-state index contributed by atoms with van der Waals surface area (Å²) in [6, 6.07) is 30.2. The topological polar surface area (TPSA) is 34.0 Å². The predicted molar refractivity (Wildman–Crippen MR) is 129 cm³/mol. The van der Waals surface area contributed by atoms with E-state index in [0.717, 1.165) is 36.5 Å². The van der Waals surface area contributed by atoms with Crippen molar-refractivity contribution >= 4 is 0 Å². The molecule has 5 rings (SSSR count). The van der Waals surface area contributed by atoms with Gasteiger partial charge in [-0.15, -0.1) is 5.10 Å². The number of aromatic nitrogens is 3. The molecule has 4 nitrogen and oxygen atoms in total. The van der Waals surface area contributed by atoms with Gasteiger partial charge in [0, 0.05) is 18.7 Å². The Hall–Kier alpha value is -3.24. The summed E-state index contributed by atoms with van der Waals surface area (Å²) in [6.45, 7) is 4.08. The Bertz CT molecular complexity index is 1150. The average molecular weight is 423 g/mol. The molecule has 0 N–H and O–H groups in total. The first-order valence-corrected chi connectivity index (χ1v) is 11.7. The third-order valence-corrected chi connectivity index (χ3v) is 6.41. The van der Waals surface area contributed by atoms with E-state index in [1.807, 2.05) is 0 Å². The fraction of sp³-hybridized carbons (Fsp3) is 0.286. The SMILES string of the molecule is CCCCCC1c2c(-c3ccccc3)nnn2-c2ccccc2CN1Cc1ccccc1. The maximum absolute atomic E-state index is 4.71. The Balaban J connectivity index is 1.66. The zero-order valence-corrected chi connectivity index (χ0v) is 18.7. The van der Waals surface area contributed by atoms with E-state index in [-0.39, 0.29) is 6.04 Å². The summed E-state index contributed by atoms with van der Waals surface area (Å²) >= 11 is 0. The van der Waals surface area contributed by atoms with Gasteiger partial charge in [-0.25, -0.2) is 4.68 Å². The first kappa shape index (κ1) is 20.7. The molecule has 32 heavy (non-hydrogen) atoms. The van der Waals surface area contributed by atoms with Gasteiger partial charge in [0.1, 0.15) is 5.69 Å². The lowest BCUT2D eigenvalue weighted by Crippen LogP contribution is -2.28. The van der Waals surface area contributed by atoms with Crippen molar-refractivity contribution in [2.24, 2.45) is 0 Å². The van der Waals surface area contributed by atoms with Gasteiger partial charge in [-0.3, -0.25) is 4.90 Å². The lowest BCUT2D eigenvalue weighted by atomic mass is 9.98.